The molecule has 4 saturated carbocycles. The quantitative estimate of drug-likeness (QED) is 0.724. The Kier molecular flexibility index (Phi) is 4.50. The van der Waals surface area contributed by atoms with Gasteiger partial charge >= 0.3 is 0 Å². The van der Waals surface area contributed by atoms with E-state index in [1.165, 1.54) is 29.1 Å². The molecule has 6 nitrogen and oxygen atoms in total. The first-order valence-corrected chi connectivity index (χ1v) is 11.7. The summed E-state index contributed by atoms with van der Waals surface area (Å²) >= 11 is 2.90. The summed E-state index contributed by atoms with van der Waals surface area (Å²) in [4.78, 5) is 33.7. The van der Waals surface area contributed by atoms with Gasteiger partial charge in [-0.25, -0.2) is 9.97 Å². The maximum absolute atomic E-state index is 12.7. The number of hydrogen-bond acceptors (Lipinski definition) is 6. The zero-order valence-corrected chi connectivity index (χ0v) is 17.3. The minimum Gasteiger partial charge on any atom is -0.302 e. The molecule has 0 unspecified atom stereocenters. The second-order valence-electron chi connectivity index (χ2n) is 9.09. The lowest BCUT2D eigenvalue weighted by Gasteiger charge is -2.62. The first-order chi connectivity index (χ1) is 13.5. The van der Waals surface area contributed by atoms with E-state index in [2.05, 4.69) is 20.6 Å². The molecular weight excluding hydrogens is 392 g/mol. The van der Waals surface area contributed by atoms with Crippen molar-refractivity contribution in [2.24, 2.45) is 22.7 Å². The first-order valence-electron chi connectivity index (χ1n) is 9.90. The normalized spacial score (nSPS) is 33.0. The van der Waals surface area contributed by atoms with Gasteiger partial charge in [-0.1, -0.05) is 0 Å². The Morgan fingerprint density at radius 3 is 1.75 bits per heavy atom. The Labute approximate surface area is 172 Å². The number of nitrogens with one attached hydrogen (secondary N) is 2. The highest BCUT2D eigenvalue weighted by molar-refractivity contribution is 7.14. The smallest absolute Gasteiger partial charge is 0.226 e. The zero-order valence-electron chi connectivity index (χ0n) is 15.6. The van der Waals surface area contributed by atoms with Gasteiger partial charge in [0.2, 0.25) is 11.8 Å². The predicted molar refractivity (Wildman–Crippen MR) is 110 cm³/mol. The Morgan fingerprint density at radius 1 is 0.893 bits per heavy atom. The van der Waals surface area contributed by atoms with Crippen LogP contribution in [0.1, 0.15) is 51.4 Å². The van der Waals surface area contributed by atoms with Gasteiger partial charge in [-0.15, -0.1) is 22.7 Å². The van der Waals surface area contributed by atoms with E-state index in [0.717, 1.165) is 32.1 Å². The van der Waals surface area contributed by atoms with Crippen LogP contribution in [0, 0.1) is 22.7 Å². The largest absolute Gasteiger partial charge is 0.302 e. The summed E-state index contributed by atoms with van der Waals surface area (Å²) < 4.78 is 0. The van der Waals surface area contributed by atoms with E-state index in [0.29, 0.717) is 34.9 Å². The fourth-order valence-corrected chi connectivity index (χ4v) is 7.73. The number of carbonyl (C=O) groups is 2. The number of anilines is 2. The molecule has 28 heavy (non-hydrogen) atoms. The van der Waals surface area contributed by atoms with Crippen molar-refractivity contribution < 1.29 is 9.59 Å². The lowest BCUT2D eigenvalue weighted by Crippen LogP contribution is -2.53. The van der Waals surface area contributed by atoms with Crippen molar-refractivity contribution in [2.75, 3.05) is 10.6 Å². The number of aromatic nitrogens is 2. The Hall–Kier alpha value is -1.80. The van der Waals surface area contributed by atoms with E-state index < -0.39 is 0 Å². The van der Waals surface area contributed by atoms with E-state index >= 15 is 0 Å². The Balaban J connectivity index is 1.29. The van der Waals surface area contributed by atoms with Crippen LogP contribution in [0.4, 0.5) is 10.3 Å². The highest BCUT2D eigenvalue weighted by atomic mass is 32.1. The van der Waals surface area contributed by atoms with E-state index in [9.17, 15) is 9.59 Å². The molecule has 2 aromatic rings. The van der Waals surface area contributed by atoms with Crippen molar-refractivity contribution in [1.29, 1.82) is 0 Å². The summed E-state index contributed by atoms with van der Waals surface area (Å²) in [5, 5.41) is 11.0. The maximum atomic E-state index is 12.7. The second kappa shape index (κ2) is 6.91. The summed E-state index contributed by atoms with van der Waals surface area (Å²) in [5.74, 6) is 1.45. The van der Waals surface area contributed by atoms with Gasteiger partial charge in [0, 0.05) is 36.0 Å². The van der Waals surface area contributed by atoms with E-state index in [1.807, 2.05) is 10.8 Å². The van der Waals surface area contributed by atoms with Crippen LogP contribution in [0.15, 0.2) is 23.2 Å². The third-order valence-corrected chi connectivity index (χ3v) is 8.11. The molecule has 6 rings (SSSR count). The SMILES string of the molecule is O=C(CC12CC3CC(C1)CC(CC(=O)Nc1nccs1)(C3)C2)Nc1nccs1. The van der Waals surface area contributed by atoms with Gasteiger partial charge in [-0.05, 0) is 61.2 Å². The minimum atomic E-state index is 0.0485. The molecule has 4 aliphatic rings. The lowest BCUT2D eigenvalue weighted by atomic mass is 9.43. The summed E-state index contributed by atoms with van der Waals surface area (Å²) in [6.45, 7) is 0. The molecule has 4 fully saturated rings. The average molecular weight is 417 g/mol. The Morgan fingerprint density at radius 2 is 1.36 bits per heavy atom. The summed E-state index contributed by atoms with van der Waals surface area (Å²) in [6.07, 6.45) is 11.3. The first kappa shape index (κ1) is 18.2. The lowest BCUT2D eigenvalue weighted by molar-refractivity contribution is -0.142. The third-order valence-electron chi connectivity index (χ3n) is 6.73. The molecule has 0 atom stereocenters. The second-order valence-corrected chi connectivity index (χ2v) is 10.9. The van der Waals surface area contributed by atoms with Crippen molar-refractivity contribution in [3.05, 3.63) is 23.2 Å². The molecule has 0 spiro atoms. The van der Waals surface area contributed by atoms with Crippen molar-refractivity contribution >= 4 is 44.8 Å². The standard InChI is InChI=1S/C20H24N4O2S2/c25-15(23-17-21-1-3-27-17)10-19-6-13-5-14(7-19)9-20(8-13,12-19)11-16(26)24-18-22-2-4-28-18/h1-4,13-14H,5-12H2,(H,21,23,25)(H,22,24,26). The van der Waals surface area contributed by atoms with Gasteiger partial charge < -0.3 is 10.6 Å². The molecule has 0 radical (unpaired) electrons. The van der Waals surface area contributed by atoms with Crippen LogP contribution < -0.4 is 10.6 Å². The molecule has 4 bridgehead atoms. The number of nitrogens with zero attached hydrogens (tertiary/aromatic N) is 2. The van der Waals surface area contributed by atoms with Gasteiger partial charge in [0.1, 0.15) is 0 Å². The van der Waals surface area contributed by atoms with E-state index in [-0.39, 0.29) is 22.6 Å². The summed E-state index contributed by atoms with van der Waals surface area (Å²) in [5.41, 5.74) is 0.0970. The van der Waals surface area contributed by atoms with Crippen molar-refractivity contribution in [3.63, 3.8) is 0 Å². The summed E-state index contributed by atoms with van der Waals surface area (Å²) in [7, 11) is 0. The fraction of sp³-hybridized carbons (Fsp3) is 0.600. The van der Waals surface area contributed by atoms with Crippen molar-refractivity contribution in [1.82, 2.24) is 9.97 Å². The van der Waals surface area contributed by atoms with Gasteiger partial charge in [0.25, 0.3) is 0 Å². The minimum absolute atomic E-state index is 0.0485. The molecule has 2 aromatic heterocycles. The van der Waals surface area contributed by atoms with E-state index in [4.69, 9.17) is 0 Å². The van der Waals surface area contributed by atoms with Gasteiger partial charge in [0.05, 0.1) is 0 Å². The number of amides is 2. The van der Waals surface area contributed by atoms with E-state index in [1.54, 1.807) is 12.4 Å². The van der Waals surface area contributed by atoms with Crippen LogP contribution in [0.2, 0.25) is 0 Å². The third kappa shape index (κ3) is 3.59. The van der Waals surface area contributed by atoms with Crippen LogP contribution in [-0.4, -0.2) is 21.8 Å². The summed E-state index contributed by atoms with van der Waals surface area (Å²) in [6, 6.07) is 0. The van der Waals surface area contributed by atoms with Gasteiger partial charge in [0.15, 0.2) is 10.3 Å². The van der Waals surface area contributed by atoms with Crippen molar-refractivity contribution in [2.45, 2.75) is 51.4 Å². The number of carbonyl (C=O) groups excluding carboxylic acids is 2. The average Bonchev–Trinajstić information content (AvgIpc) is 3.26. The molecule has 0 aliphatic heterocycles. The molecule has 4 aliphatic carbocycles. The fourth-order valence-electron chi connectivity index (χ4n) is 6.64. The maximum Gasteiger partial charge on any atom is 0.226 e. The molecule has 2 heterocycles. The number of thiazole rings is 2. The van der Waals surface area contributed by atoms with Gasteiger partial charge in [-0.2, -0.15) is 0 Å². The number of rotatable bonds is 6. The molecule has 8 heteroatoms. The van der Waals surface area contributed by atoms with Crippen molar-refractivity contribution in [3.8, 4) is 0 Å². The van der Waals surface area contributed by atoms with Gasteiger partial charge in [-0.3, -0.25) is 9.59 Å². The topological polar surface area (TPSA) is 84.0 Å². The predicted octanol–water partition coefficient (Wildman–Crippen LogP) is 4.54. The zero-order chi connectivity index (χ0) is 19.2. The monoisotopic (exact) mass is 416 g/mol. The van der Waals surface area contributed by atoms with Crippen LogP contribution in [0.25, 0.3) is 0 Å². The number of hydrogen-bond donors (Lipinski definition) is 2. The molecule has 148 valence electrons. The molecule has 2 N–H and O–H groups in total. The highest BCUT2D eigenvalue weighted by Crippen LogP contribution is 2.67. The molecule has 0 saturated heterocycles. The van der Waals surface area contributed by atoms with Crippen LogP contribution in [0.3, 0.4) is 0 Å². The molecule has 0 aromatic carbocycles. The van der Waals surface area contributed by atoms with Crippen LogP contribution in [0.5, 0.6) is 0 Å². The van der Waals surface area contributed by atoms with Crippen LogP contribution >= 0.6 is 22.7 Å². The molecule has 2 amide bonds. The Bertz CT molecular complexity index is 783. The highest BCUT2D eigenvalue weighted by Gasteiger charge is 2.58. The van der Waals surface area contributed by atoms with Crippen LogP contribution in [-0.2, 0) is 9.59 Å². The molecular formula is C20H24N4O2S2.